The van der Waals surface area contributed by atoms with Crippen LogP contribution in [0.15, 0.2) is 42.5 Å². The lowest BCUT2D eigenvalue weighted by atomic mass is 10.2. The molecule has 6 heteroatoms. The smallest absolute Gasteiger partial charge is 0.508 e. The van der Waals surface area contributed by atoms with E-state index in [-0.39, 0.29) is 11.5 Å². The van der Waals surface area contributed by atoms with E-state index in [1.165, 1.54) is 18.2 Å². The monoisotopic (exact) mass is 297 g/mol. The minimum Gasteiger partial charge on any atom is -0.508 e. The number of nitrogens with one attached hydrogen (secondary N) is 1. The van der Waals surface area contributed by atoms with Gasteiger partial charge in [0.25, 0.3) is 0 Å². The summed E-state index contributed by atoms with van der Waals surface area (Å²) in [4.78, 5) is 0. The van der Waals surface area contributed by atoms with Crippen molar-refractivity contribution in [3.8, 4) is 11.5 Å². The van der Waals surface area contributed by atoms with Gasteiger partial charge in [-0.25, -0.2) is 0 Å². The average molecular weight is 297 g/mol. The molecular formula is C15H14F3NO2. The van der Waals surface area contributed by atoms with E-state index in [9.17, 15) is 18.3 Å². The van der Waals surface area contributed by atoms with E-state index in [0.717, 1.165) is 5.69 Å². The van der Waals surface area contributed by atoms with Crippen molar-refractivity contribution in [2.24, 2.45) is 0 Å². The molecule has 2 rings (SSSR count). The standard InChI is InChI=1S/C15H14F3NO2/c1-10-7-12(5-6-14(10)20)19-9-11-3-2-4-13(8-11)21-15(16,17)18/h2-8,19-20H,9H2,1H3. The number of halogens is 3. The fourth-order valence-electron chi connectivity index (χ4n) is 1.82. The molecule has 0 unspecified atom stereocenters. The van der Waals surface area contributed by atoms with Gasteiger partial charge in [0.15, 0.2) is 0 Å². The van der Waals surface area contributed by atoms with Crippen LogP contribution in [0.1, 0.15) is 11.1 Å². The molecule has 0 aliphatic rings. The third kappa shape index (κ3) is 4.59. The molecule has 0 atom stereocenters. The van der Waals surface area contributed by atoms with Crippen LogP contribution in [0.3, 0.4) is 0 Å². The molecule has 112 valence electrons. The van der Waals surface area contributed by atoms with Crippen molar-refractivity contribution in [2.75, 3.05) is 5.32 Å². The highest BCUT2D eigenvalue weighted by atomic mass is 19.4. The summed E-state index contributed by atoms with van der Waals surface area (Å²) in [5.74, 6) is -0.0511. The summed E-state index contributed by atoms with van der Waals surface area (Å²) in [6.45, 7) is 2.11. The lowest BCUT2D eigenvalue weighted by Crippen LogP contribution is -2.17. The van der Waals surface area contributed by atoms with Crippen LogP contribution >= 0.6 is 0 Å². The second-order valence-corrected chi connectivity index (χ2v) is 4.55. The van der Waals surface area contributed by atoms with Crippen LogP contribution in [0.2, 0.25) is 0 Å². The third-order valence-corrected chi connectivity index (χ3v) is 2.83. The molecule has 0 bridgehead atoms. The molecule has 0 aromatic heterocycles. The summed E-state index contributed by atoms with van der Waals surface area (Å²) in [5, 5.41) is 12.5. The first-order valence-electron chi connectivity index (χ1n) is 6.22. The normalized spacial score (nSPS) is 11.2. The molecule has 0 aliphatic carbocycles. The van der Waals surface area contributed by atoms with Crippen LogP contribution in [0.25, 0.3) is 0 Å². The largest absolute Gasteiger partial charge is 0.573 e. The highest BCUT2D eigenvalue weighted by Crippen LogP contribution is 2.24. The van der Waals surface area contributed by atoms with E-state index in [2.05, 4.69) is 10.1 Å². The zero-order valence-electron chi connectivity index (χ0n) is 11.2. The highest BCUT2D eigenvalue weighted by Gasteiger charge is 2.31. The first-order chi connectivity index (χ1) is 9.83. The molecule has 2 N–H and O–H groups in total. The summed E-state index contributed by atoms with van der Waals surface area (Å²) in [5.41, 5.74) is 2.14. The molecular weight excluding hydrogens is 283 g/mol. The van der Waals surface area contributed by atoms with Gasteiger partial charge in [0.05, 0.1) is 0 Å². The van der Waals surface area contributed by atoms with Gasteiger partial charge in [0.2, 0.25) is 0 Å². The van der Waals surface area contributed by atoms with E-state index < -0.39 is 6.36 Å². The Balaban J connectivity index is 2.03. The zero-order chi connectivity index (χ0) is 15.5. The van der Waals surface area contributed by atoms with E-state index in [0.29, 0.717) is 17.7 Å². The van der Waals surface area contributed by atoms with Gasteiger partial charge in [-0.2, -0.15) is 0 Å². The van der Waals surface area contributed by atoms with Crippen molar-refractivity contribution in [2.45, 2.75) is 19.8 Å². The number of hydrogen-bond acceptors (Lipinski definition) is 3. The topological polar surface area (TPSA) is 41.5 Å². The molecule has 21 heavy (non-hydrogen) atoms. The summed E-state index contributed by atoms with van der Waals surface area (Å²) in [7, 11) is 0. The van der Waals surface area contributed by atoms with Crippen LogP contribution in [-0.2, 0) is 6.54 Å². The van der Waals surface area contributed by atoms with Gasteiger partial charge in [-0.15, -0.1) is 13.2 Å². The van der Waals surface area contributed by atoms with Crippen LogP contribution in [0.5, 0.6) is 11.5 Å². The van der Waals surface area contributed by atoms with E-state index in [1.54, 1.807) is 31.2 Å². The molecule has 0 aliphatic heterocycles. The van der Waals surface area contributed by atoms with Crippen LogP contribution in [-0.4, -0.2) is 11.5 Å². The number of alkyl halides is 3. The first kappa shape index (κ1) is 15.0. The zero-order valence-corrected chi connectivity index (χ0v) is 11.2. The van der Waals surface area contributed by atoms with Crippen LogP contribution < -0.4 is 10.1 Å². The first-order valence-corrected chi connectivity index (χ1v) is 6.22. The Bertz CT molecular complexity index is 627. The minimum atomic E-state index is -4.69. The number of aryl methyl sites for hydroxylation is 1. The van der Waals surface area contributed by atoms with Crippen molar-refractivity contribution in [3.63, 3.8) is 0 Å². The Kier molecular flexibility index (Phi) is 4.26. The Hall–Kier alpha value is -2.37. The maximum absolute atomic E-state index is 12.1. The molecule has 0 heterocycles. The summed E-state index contributed by atoms with van der Waals surface area (Å²) < 4.78 is 40.3. The van der Waals surface area contributed by atoms with Gasteiger partial charge in [-0.3, -0.25) is 0 Å². The number of phenolic OH excluding ortho intramolecular Hbond substituents is 1. The second-order valence-electron chi connectivity index (χ2n) is 4.55. The summed E-state index contributed by atoms with van der Waals surface area (Å²) in [6.07, 6.45) is -4.69. The molecule has 3 nitrogen and oxygen atoms in total. The molecule has 0 saturated carbocycles. The molecule has 0 saturated heterocycles. The van der Waals surface area contributed by atoms with Crippen molar-refractivity contribution < 1.29 is 23.0 Å². The number of benzene rings is 2. The number of aromatic hydroxyl groups is 1. The predicted octanol–water partition coefficient (Wildman–Crippen LogP) is 4.21. The SMILES string of the molecule is Cc1cc(NCc2cccc(OC(F)(F)F)c2)ccc1O. The number of rotatable bonds is 4. The maximum Gasteiger partial charge on any atom is 0.573 e. The lowest BCUT2D eigenvalue weighted by Gasteiger charge is -2.11. The van der Waals surface area contributed by atoms with Gasteiger partial charge in [-0.1, -0.05) is 12.1 Å². The third-order valence-electron chi connectivity index (χ3n) is 2.83. The Morgan fingerprint density at radius 3 is 2.57 bits per heavy atom. The van der Waals surface area contributed by atoms with Gasteiger partial charge in [0, 0.05) is 12.2 Å². The number of ether oxygens (including phenoxy) is 1. The van der Waals surface area contributed by atoms with Gasteiger partial charge < -0.3 is 15.2 Å². The van der Waals surface area contributed by atoms with Gasteiger partial charge in [-0.05, 0) is 48.4 Å². The maximum atomic E-state index is 12.1. The quantitative estimate of drug-likeness (QED) is 0.831. The fourth-order valence-corrected chi connectivity index (χ4v) is 1.82. The van der Waals surface area contributed by atoms with Crippen LogP contribution in [0.4, 0.5) is 18.9 Å². The Morgan fingerprint density at radius 2 is 1.90 bits per heavy atom. The Morgan fingerprint density at radius 1 is 1.14 bits per heavy atom. The number of hydrogen-bond donors (Lipinski definition) is 2. The highest BCUT2D eigenvalue weighted by molar-refractivity contribution is 5.50. The Labute approximate surface area is 120 Å². The van der Waals surface area contributed by atoms with Crippen molar-refractivity contribution in [1.29, 1.82) is 0 Å². The fraction of sp³-hybridized carbons (Fsp3) is 0.200. The summed E-state index contributed by atoms with van der Waals surface area (Å²) in [6, 6.07) is 10.8. The summed E-state index contributed by atoms with van der Waals surface area (Å²) >= 11 is 0. The number of anilines is 1. The van der Waals surface area contributed by atoms with Gasteiger partial charge >= 0.3 is 6.36 Å². The molecule has 2 aromatic rings. The lowest BCUT2D eigenvalue weighted by molar-refractivity contribution is -0.274. The van der Waals surface area contributed by atoms with Crippen LogP contribution in [0, 0.1) is 6.92 Å². The van der Waals surface area contributed by atoms with Crippen molar-refractivity contribution in [1.82, 2.24) is 0 Å². The van der Waals surface area contributed by atoms with Crippen molar-refractivity contribution in [3.05, 3.63) is 53.6 Å². The van der Waals surface area contributed by atoms with Gasteiger partial charge in [0.1, 0.15) is 11.5 Å². The molecule has 0 amide bonds. The minimum absolute atomic E-state index is 0.195. The van der Waals surface area contributed by atoms with Crippen molar-refractivity contribution >= 4 is 5.69 Å². The van der Waals surface area contributed by atoms with E-state index in [4.69, 9.17) is 0 Å². The molecule has 0 fully saturated rings. The van der Waals surface area contributed by atoms with E-state index in [1.807, 2.05) is 0 Å². The average Bonchev–Trinajstić information content (AvgIpc) is 2.39. The van der Waals surface area contributed by atoms with E-state index >= 15 is 0 Å². The predicted molar refractivity (Wildman–Crippen MR) is 73.3 cm³/mol. The molecule has 0 radical (unpaired) electrons. The molecule has 0 spiro atoms. The molecule has 2 aromatic carbocycles. The second kappa shape index (κ2) is 5.95. The number of phenols is 1.